The number of benzene rings is 2. The molecule has 0 heterocycles. The van der Waals surface area contributed by atoms with Gasteiger partial charge in [0.15, 0.2) is 0 Å². The van der Waals surface area contributed by atoms with Crippen molar-refractivity contribution in [2.45, 2.75) is 65.5 Å². The molecular weight excluding hydrogens is 444 g/mol. The third-order valence-corrected chi connectivity index (χ3v) is 6.90. The van der Waals surface area contributed by atoms with E-state index in [1.807, 2.05) is 45.0 Å². The number of rotatable bonds is 10. The first-order valence-corrected chi connectivity index (χ1v) is 12.2. The van der Waals surface area contributed by atoms with Crippen LogP contribution in [-0.2, 0) is 14.3 Å². The number of hydrogen-bond acceptors (Lipinski definition) is 4. The van der Waals surface area contributed by atoms with E-state index in [4.69, 9.17) is 9.84 Å². The molecule has 0 aliphatic heterocycles. The van der Waals surface area contributed by atoms with Crippen LogP contribution in [0.15, 0.2) is 48.5 Å². The van der Waals surface area contributed by atoms with Crippen molar-refractivity contribution in [2.24, 2.45) is 11.3 Å². The number of aliphatic carboxylic acids is 1. The lowest BCUT2D eigenvalue weighted by Gasteiger charge is -2.37. The van der Waals surface area contributed by atoms with Crippen LogP contribution in [0.3, 0.4) is 0 Å². The molecule has 0 fully saturated rings. The van der Waals surface area contributed by atoms with Crippen LogP contribution in [0.5, 0.6) is 0 Å². The van der Waals surface area contributed by atoms with Crippen LogP contribution in [0.2, 0.25) is 0 Å². The first-order chi connectivity index (χ1) is 16.6. The molecule has 3 rings (SSSR count). The molecule has 0 saturated heterocycles. The number of fused-ring (bicyclic) bond motifs is 3. The fourth-order valence-corrected chi connectivity index (χ4v) is 4.97. The smallest absolute Gasteiger partial charge is 0.407 e. The van der Waals surface area contributed by atoms with E-state index in [9.17, 15) is 14.4 Å². The molecule has 2 aromatic rings. The Balaban J connectivity index is 1.68. The first kappa shape index (κ1) is 26.3. The van der Waals surface area contributed by atoms with Gasteiger partial charge in [0.05, 0.1) is 11.8 Å². The van der Waals surface area contributed by atoms with E-state index in [0.717, 1.165) is 22.3 Å². The standard InChI is InChI=1S/C28H36N2O5/c1-6-18(15-24(31)32)29-26(33)28(4,5)25(17(2)3)30-27(34)35-16-23-21-13-9-7-11-19(21)20-12-8-10-14-22(20)23/h7-14,17-18,23,25H,6,15-16H2,1-5H3,(H,29,33)(H,30,34)(H,31,32)/t18-,25?/m1/s1. The summed E-state index contributed by atoms with van der Waals surface area (Å²) in [5, 5.41) is 14.8. The fraction of sp³-hybridized carbons (Fsp3) is 0.464. The molecule has 2 amide bonds. The van der Waals surface area contributed by atoms with Gasteiger partial charge in [-0.05, 0) is 48.4 Å². The molecule has 0 aromatic heterocycles. The summed E-state index contributed by atoms with van der Waals surface area (Å²) >= 11 is 0. The number of nitrogens with one attached hydrogen (secondary N) is 2. The van der Waals surface area contributed by atoms with Gasteiger partial charge >= 0.3 is 12.1 Å². The summed E-state index contributed by atoms with van der Waals surface area (Å²) in [5.41, 5.74) is 3.59. The Morgan fingerprint density at radius 3 is 2.00 bits per heavy atom. The molecule has 0 spiro atoms. The van der Waals surface area contributed by atoms with Gasteiger partial charge in [-0.3, -0.25) is 9.59 Å². The highest BCUT2D eigenvalue weighted by Crippen LogP contribution is 2.44. The summed E-state index contributed by atoms with van der Waals surface area (Å²) in [6.45, 7) is 9.38. The molecule has 35 heavy (non-hydrogen) atoms. The van der Waals surface area contributed by atoms with Crippen molar-refractivity contribution in [3.8, 4) is 11.1 Å². The second-order valence-electron chi connectivity index (χ2n) is 10.1. The van der Waals surface area contributed by atoms with Crippen LogP contribution >= 0.6 is 0 Å². The molecule has 2 aromatic carbocycles. The highest BCUT2D eigenvalue weighted by molar-refractivity contribution is 5.84. The minimum atomic E-state index is -0.980. The maximum absolute atomic E-state index is 13.1. The van der Waals surface area contributed by atoms with E-state index in [0.29, 0.717) is 6.42 Å². The number of ether oxygens (including phenoxy) is 1. The van der Waals surface area contributed by atoms with Crippen LogP contribution in [0, 0.1) is 11.3 Å². The molecule has 0 bridgehead atoms. The molecule has 1 aliphatic carbocycles. The maximum atomic E-state index is 13.1. The minimum absolute atomic E-state index is 0.0525. The highest BCUT2D eigenvalue weighted by Gasteiger charge is 2.41. The Labute approximate surface area is 207 Å². The van der Waals surface area contributed by atoms with Crippen LogP contribution in [-0.4, -0.2) is 41.8 Å². The van der Waals surface area contributed by atoms with E-state index < -0.39 is 29.6 Å². The van der Waals surface area contributed by atoms with E-state index in [2.05, 4.69) is 34.9 Å². The highest BCUT2D eigenvalue weighted by atomic mass is 16.5. The van der Waals surface area contributed by atoms with Crippen molar-refractivity contribution in [1.82, 2.24) is 10.6 Å². The Morgan fingerprint density at radius 2 is 1.51 bits per heavy atom. The maximum Gasteiger partial charge on any atom is 0.407 e. The number of carboxylic acid groups (broad SMARTS) is 1. The summed E-state index contributed by atoms with van der Waals surface area (Å²) in [5.74, 6) is -1.38. The molecule has 2 atom stereocenters. The van der Waals surface area contributed by atoms with Crippen molar-refractivity contribution in [3.05, 3.63) is 59.7 Å². The predicted molar refractivity (Wildman–Crippen MR) is 135 cm³/mol. The average Bonchev–Trinajstić information content (AvgIpc) is 3.13. The number of alkyl carbamates (subject to hydrolysis) is 1. The molecule has 188 valence electrons. The van der Waals surface area contributed by atoms with Gasteiger partial charge in [-0.25, -0.2) is 4.79 Å². The number of hydrogen-bond donors (Lipinski definition) is 3. The zero-order valence-electron chi connectivity index (χ0n) is 21.1. The van der Waals surface area contributed by atoms with Crippen LogP contribution < -0.4 is 10.6 Å². The Kier molecular flexibility index (Phi) is 8.20. The van der Waals surface area contributed by atoms with Gasteiger partial charge < -0.3 is 20.5 Å². The van der Waals surface area contributed by atoms with Crippen molar-refractivity contribution in [1.29, 1.82) is 0 Å². The largest absolute Gasteiger partial charge is 0.481 e. The number of carbonyl (C=O) groups is 3. The number of amides is 2. The van der Waals surface area contributed by atoms with Gasteiger partial charge in [-0.15, -0.1) is 0 Å². The lowest BCUT2D eigenvalue weighted by atomic mass is 9.77. The van der Waals surface area contributed by atoms with E-state index >= 15 is 0 Å². The topological polar surface area (TPSA) is 105 Å². The molecule has 3 N–H and O–H groups in total. The lowest BCUT2D eigenvalue weighted by molar-refractivity contribution is -0.138. The molecule has 1 aliphatic rings. The van der Waals surface area contributed by atoms with Crippen LogP contribution in [0.4, 0.5) is 4.79 Å². The monoisotopic (exact) mass is 480 g/mol. The normalized spacial score (nSPS) is 14.6. The summed E-state index contributed by atoms with van der Waals surface area (Å²) in [6, 6.07) is 15.3. The molecule has 1 unspecified atom stereocenters. The summed E-state index contributed by atoms with van der Waals surface area (Å²) in [7, 11) is 0. The molecule has 7 heteroatoms. The number of carbonyl (C=O) groups excluding carboxylic acids is 2. The third-order valence-electron chi connectivity index (χ3n) is 6.90. The van der Waals surface area contributed by atoms with Gasteiger partial charge in [-0.1, -0.05) is 69.3 Å². The van der Waals surface area contributed by atoms with E-state index in [-0.39, 0.29) is 30.8 Å². The SMILES string of the molecule is CC[C@H](CC(=O)O)NC(=O)C(C)(C)C(NC(=O)OCC1c2ccccc2-c2ccccc21)C(C)C. The van der Waals surface area contributed by atoms with Crippen molar-refractivity contribution in [2.75, 3.05) is 6.61 Å². The summed E-state index contributed by atoms with van der Waals surface area (Å²) < 4.78 is 5.69. The predicted octanol–water partition coefficient (Wildman–Crippen LogP) is 4.95. The fourth-order valence-electron chi connectivity index (χ4n) is 4.97. The average molecular weight is 481 g/mol. The van der Waals surface area contributed by atoms with Crippen LogP contribution in [0.25, 0.3) is 11.1 Å². The quantitative estimate of drug-likeness (QED) is 0.447. The number of carboxylic acids is 1. The van der Waals surface area contributed by atoms with Crippen LogP contribution in [0.1, 0.15) is 64.5 Å². The van der Waals surface area contributed by atoms with Gasteiger partial charge in [-0.2, -0.15) is 0 Å². The Hall–Kier alpha value is -3.35. The lowest BCUT2D eigenvalue weighted by Crippen LogP contribution is -2.56. The zero-order valence-corrected chi connectivity index (χ0v) is 21.1. The molecule has 7 nitrogen and oxygen atoms in total. The van der Waals surface area contributed by atoms with Crippen molar-refractivity contribution >= 4 is 18.0 Å². The Bertz CT molecular complexity index is 1030. The summed E-state index contributed by atoms with van der Waals surface area (Å²) in [6.07, 6.45) is -0.228. The van der Waals surface area contributed by atoms with Gasteiger partial charge in [0.1, 0.15) is 6.61 Å². The molecule has 0 radical (unpaired) electrons. The second-order valence-corrected chi connectivity index (χ2v) is 10.1. The van der Waals surface area contributed by atoms with E-state index in [1.54, 1.807) is 13.8 Å². The Morgan fingerprint density at radius 1 is 0.971 bits per heavy atom. The second kappa shape index (κ2) is 10.9. The van der Waals surface area contributed by atoms with Gasteiger partial charge in [0, 0.05) is 18.0 Å². The summed E-state index contributed by atoms with van der Waals surface area (Å²) in [4.78, 5) is 37.1. The molecule has 0 saturated carbocycles. The van der Waals surface area contributed by atoms with Gasteiger partial charge in [0.25, 0.3) is 0 Å². The van der Waals surface area contributed by atoms with Gasteiger partial charge in [0.2, 0.25) is 5.91 Å². The zero-order chi connectivity index (χ0) is 25.8. The minimum Gasteiger partial charge on any atom is -0.481 e. The first-order valence-electron chi connectivity index (χ1n) is 12.2. The molecular formula is C28H36N2O5. The third kappa shape index (κ3) is 5.84. The van der Waals surface area contributed by atoms with Crippen molar-refractivity contribution < 1.29 is 24.2 Å². The van der Waals surface area contributed by atoms with Crippen molar-refractivity contribution in [3.63, 3.8) is 0 Å². The van der Waals surface area contributed by atoms with E-state index in [1.165, 1.54) is 0 Å².